The highest BCUT2D eigenvalue weighted by Crippen LogP contribution is 2.22. The van der Waals surface area contributed by atoms with Crippen LogP contribution in [0.15, 0.2) is 11.4 Å². The van der Waals surface area contributed by atoms with Crippen LogP contribution in [0.4, 0.5) is 0 Å². The molecule has 0 bridgehead atoms. The molecule has 0 unspecified atom stereocenters. The summed E-state index contributed by atoms with van der Waals surface area (Å²) in [5.41, 5.74) is 1.15. The Bertz CT molecular complexity index is 577. The van der Waals surface area contributed by atoms with Crippen molar-refractivity contribution in [1.82, 2.24) is 4.90 Å². The predicted octanol–water partition coefficient (Wildman–Crippen LogP) is 2.21. The van der Waals surface area contributed by atoms with Gasteiger partial charge in [0.05, 0.1) is 10.6 Å². The van der Waals surface area contributed by atoms with E-state index in [1.54, 1.807) is 6.92 Å². The molecule has 1 aliphatic heterocycles. The third kappa shape index (κ3) is 4.68. The minimum Gasteiger partial charge on any atom is -0.299 e. The smallest absolute Gasteiger partial charge is 0.169 e. The van der Waals surface area contributed by atoms with E-state index in [1.807, 2.05) is 11.4 Å². The first-order chi connectivity index (χ1) is 9.33. The summed E-state index contributed by atoms with van der Waals surface area (Å²) < 4.78 is 22.8. The monoisotopic (exact) mass is 315 g/mol. The lowest BCUT2D eigenvalue weighted by molar-refractivity contribution is 0.102. The van der Waals surface area contributed by atoms with Crippen LogP contribution in [0.2, 0.25) is 0 Å². The highest BCUT2D eigenvalue weighted by molar-refractivity contribution is 7.90. The van der Waals surface area contributed by atoms with Crippen LogP contribution in [-0.2, 0) is 16.4 Å². The molecule has 0 spiro atoms. The van der Waals surface area contributed by atoms with Crippen molar-refractivity contribution in [3.63, 3.8) is 0 Å². The summed E-state index contributed by atoms with van der Waals surface area (Å²) in [5.74, 6) is 0.630. The van der Waals surface area contributed by atoms with E-state index in [0.29, 0.717) is 0 Å². The fraction of sp³-hybridized carbons (Fsp3) is 0.643. The standard InChI is InChI=1S/C14H21NO3S2/c1-11(16)14-6-13(9-19-14)8-15-5-3-4-12(7-15)10-20(2,17)18/h6,9,12H,3-5,7-8,10H2,1-2H3/t12-/m1/s1. The van der Waals surface area contributed by atoms with Gasteiger partial charge in [-0.2, -0.15) is 0 Å². The normalized spacial score (nSPS) is 21.0. The van der Waals surface area contributed by atoms with Gasteiger partial charge in [0, 0.05) is 19.3 Å². The van der Waals surface area contributed by atoms with Gasteiger partial charge in [-0.1, -0.05) is 0 Å². The van der Waals surface area contributed by atoms with Crippen molar-refractivity contribution in [3.8, 4) is 0 Å². The van der Waals surface area contributed by atoms with E-state index in [-0.39, 0.29) is 17.5 Å². The number of Topliss-reactive ketones (excluding diaryl/α,β-unsaturated/α-hetero) is 1. The molecule has 0 radical (unpaired) electrons. The van der Waals surface area contributed by atoms with Gasteiger partial charge < -0.3 is 0 Å². The molecule has 1 aromatic heterocycles. The molecule has 0 amide bonds. The zero-order valence-electron chi connectivity index (χ0n) is 12.0. The number of sulfone groups is 1. The molecule has 4 nitrogen and oxygen atoms in total. The van der Waals surface area contributed by atoms with Crippen LogP contribution in [0.1, 0.15) is 35.0 Å². The molecule has 2 heterocycles. The van der Waals surface area contributed by atoms with Crippen LogP contribution in [-0.4, -0.2) is 44.2 Å². The van der Waals surface area contributed by atoms with Gasteiger partial charge in [-0.15, -0.1) is 11.3 Å². The molecular formula is C14H21NO3S2. The van der Waals surface area contributed by atoms with Gasteiger partial charge in [-0.3, -0.25) is 9.69 Å². The number of hydrogen-bond donors (Lipinski definition) is 0. The van der Waals surface area contributed by atoms with E-state index in [9.17, 15) is 13.2 Å². The lowest BCUT2D eigenvalue weighted by atomic mass is 10.00. The summed E-state index contributed by atoms with van der Waals surface area (Å²) in [6, 6.07) is 1.95. The van der Waals surface area contributed by atoms with Crippen molar-refractivity contribution >= 4 is 27.0 Å². The lowest BCUT2D eigenvalue weighted by Crippen LogP contribution is -2.37. The summed E-state index contributed by atoms with van der Waals surface area (Å²) in [7, 11) is -2.90. The first kappa shape index (κ1) is 15.7. The van der Waals surface area contributed by atoms with Crippen molar-refractivity contribution in [2.45, 2.75) is 26.3 Å². The molecule has 0 aliphatic carbocycles. The number of ketones is 1. The first-order valence-electron chi connectivity index (χ1n) is 6.82. The SMILES string of the molecule is CC(=O)c1cc(CN2CCC[C@@H](CS(C)(=O)=O)C2)cs1. The molecule has 0 aromatic carbocycles. The van der Waals surface area contributed by atoms with Crippen molar-refractivity contribution < 1.29 is 13.2 Å². The fourth-order valence-electron chi connectivity index (χ4n) is 2.76. The second kappa shape index (κ2) is 6.37. The zero-order chi connectivity index (χ0) is 14.8. The van der Waals surface area contributed by atoms with E-state index in [1.165, 1.54) is 17.6 Å². The van der Waals surface area contributed by atoms with Gasteiger partial charge in [-0.05, 0) is 49.2 Å². The van der Waals surface area contributed by atoms with E-state index in [0.717, 1.165) is 42.9 Å². The first-order valence-corrected chi connectivity index (χ1v) is 9.76. The topological polar surface area (TPSA) is 54.5 Å². The Balaban J connectivity index is 1.93. The largest absolute Gasteiger partial charge is 0.299 e. The van der Waals surface area contributed by atoms with E-state index < -0.39 is 9.84 Å². The average molecular weight is 315 g/mol. The third-order valence-corrected chi connectivity index (χ3v) is 5.71. The number of carbonyl (C=O) groups is 1. The van der Waals surface area contributed by atoms with Gasteiger partial charge in [0.15, 0.2) is 5.78 Å². The second-order valence-corrected chi connectivity index (χ2v) is 8.81. The molecule has 2 rings (SSSR count). The summed E-state index contributed by atoms with van der Waals surface area (Å²) in [4.78, 5) is 14.4. The molecule has 112 valence electrons. The average Bonchev–Trinajstić information content (AvgIpc) is 2.75. The molecule has 1 saturated heterocycles. The maximum atomic E-state index is 11.4. The Morgan fingerprint density at radius 2 is 2.25 bits per heavy atom. The van der Waals surface area contributed by atoms with Gasteiger partial charge in [0.25, 0.3) is 0 Å². The Hall–Kier alpha value is -0.720. The van der Waals surface area contributed by atoms with Crippen LogP contribution in [0.5, 0.6) is 0 Å². The van der Waals surface area contributed by atoms with Crippen LogP contribution in [0, 0.1) is 5.92 Å². The summed E-state index contributed by atoms with van der Waals surface area (Å²) in [6.07, 6.45) is 3.35. The molecule has 20 heavy (non-hydrogen) atoms. The third-order valence-electron chi connectivity index (χ3n) is 3.55. The number of thiophene rings is 1. The maximum absolute atomic E-state index is 11.4. The number of rotatable bonds is 5. The fourth-order valence-corrected chi connectivity index (χ4v) is 4.70. The Labute approximate surface area is 124 Å². The number of piperidine rings is 1. The number of nitrogens with zero attached hydrogens (tertiary/aromatic N) is 1. The minimum absolute atomic E-state index is 0.106. The predicted molar refractivity (Wildman–Crippen MR) is 82.0 cm³/mol. The molecule has 1 aliphatic rings. The summed E-state index contributed by atoms with van der Waals surface area (Å²) >= 11 is 1.48. The highest BCUT2D eigenvalue weighted by atomic mass is 32.2. The maximum Gasteiger partial charge on any atom is 0.169 e. The van der Waals surface area contributed by atoms with Gasteiger partial charge in [-0.25, -0.2) is 8.42 Å². The highest BCUT2D eigenvalue weighted by Gasteiger charge is 2.23. The van der Waals surface area contributed by atoms with Crippen molar-refractivity contribution in [1.29, 1.82) is 0 Å². The number of likely N-dealkylation sites (tertiary alicyclic amines) is 1. The Morgan fingerprint density at radius 1 is 1.50 bits per heavy atom. The summed E-state index contributed by atoms with van der Waals surface area (Å²) in [6.45, 7) is 4.23. The Kier molecular flexibility index (Phi) is 4.99. The molecule has 1 atom stereocenters. The number of carbonyl (C=O) groups excluding carboxylic acids is 1. The molecule has 1 aromatic rings. The van der Waals surface area contributed by atoms with Crippen molar-refractivity contribution in [3.05, 3.63) is 21.9 Å². The van der Waals surface area contributed by atoms with E-state index in [2.05, 4.69) is 4.90 Å². The quantitative estimate of drug-likeness (QED) is 0.782. The minimum atomic E-state index is -2.90. The van der Waals surface area contributed by atoms with Crippen LogP contribution in [0.3, 0.4) is 0 Å². The van der Waals surface area contributed by atoms with Gasteiger partial charge in [0.2, 0.25) is 0 Å². The molecule has 1 fully saturated rings. The van der Waals surface area contributed by atoms with Crippen molar-refractivity contribution in [2.24, 2.45) is 5.92 Å². The second-order valence-electron chi connectivity index (χ2n) is 5.71. The molecule has 6 heteroatoms. The molecule has 0 saturated carbocycles. The van der Waals surface area contributed by atoms with Crippen LogP contribution >= 0.6 is 11.3 Å². The van der Waals surface area contributed by atoms with E-state index in [4.69, 9.17) is 0 Å². The number of hydrogen-bond acceptors (Lipinski definition) is 5. The molecule has 0 N–H and O–H groups in total. The van der Waals surface area contributed by atoms with Gasteiger partial charge >= 0.3 is 0 Å². The van der Waals surface area contributed by atoms with Crippen LogP contribution < -0.4 is 0 Å². The zero-order valence-corrected chi connectivity index (χ0v) is 13.6. The lowest BCUT2D eigenvalue weighted by Gasteiger charge is -2.32. The van der Waals surface area contributed by atoms with Gasteiger partial charge in [0.1, 0.15) is 9.84 Å². The van der Waals surface area contributed by atoms with Crippen LogP contribution in [0.25, 0.3) is 0 Å². The van der Waals surface area contributed by atoms with Crippen molar-refractivity contribution in [2.75, 3.05) is 25.1 Å². The Morgan fingerprint density at radius 3 is 2.85 bits per heavy atom. The summed E-state index contributed by atoms with van der Waals surface area (Å²) in [5, 5.41) is 2.02. The van der Waals surface area contributed by atoms with E-state index >= 15 is 0 Å². The molecular weight excluding hydrogens is 294 g/mol.